The highest BCUT2D eigenvalue weighted by atomic mass is 35.5. The van der Waals surface area contributed by atoms with Crippen LogP contribution in [0.2, 0.25) is 5.02 Å². The predicted molar refractivity (Wildman–Crippen MR) is 131 cm³/mol. The Labute approximate surface area is 196 Å². The SMILES string of the molecule is Cc1ccc(NC(=O)CSc2nc3c(sc(=S)n3-c3ccc(Cl)cc3)c(=O)[nH]2)cc1C. The first-order chi connectivity index (χ1) is 14.8. The van der Waals surface area contributed by atoms with Crippen molar-refractivity contribution in [3.63, 3.8) is 0 Å². The molecule has 4 rings (SSSR count). The first kappa shape index (κ1) is 21.8. The van der Waals surface area contributed by atoms with E-state index in [1.807, 2.05) is 44.2 Å². The highest BCUT2D eigenvalue weighted by Crippen LogP contribution is 2.25. The van der Waals surface area contributed by atoms with Gasteiger partial charge in [-0.05, 0) is 73.6 Å². The maximum Gasteiger partial charge on any atom is 0.271 e. The summed E-state index contributed by atoms with van der Waals surface area (Å²) in [4.78, 5) is 32.2. The number of nitrogens with one attached hydrogen (secondary N) is 2. The van der Waals surface area contributed by atoms with Gasteiger partial charge in [0.2, 0.25) is 5.91 Å². The van der Waals surface area contributed by atoms with Gasteiger partial charge in [-0.2, -0.15) is 0 Å². The van der Waals surface area contributed by atoms with Crippen LogP contribution in [0.1, 0.15) is 11.1 Å². The van der Waals surface area contributed by atoms with E-state index in [-0.39, 0.29) is 17.2 Å². The lowest BCUT2D eigenvalue weighted by Crippen LogP contribution is -2.15. The summed E-state index contributed by atoms with van der Waals surface area (Å²) >= 11 is 13.8. The van der Waals surface area contributed by atoms with Crippen LogP contribution in [0.15, 0.2) is 52.4 Å². The molecule has 0 radical (unpaired) electrons. The van der Waals surface area contributed by atoms with Crippen LogP contribution >= 0.6 is 46.9 Å². The zero-order valence-corrected chi connectivity index (χ0v) is 19.8. The number of anilines is 1. The van der Waals surface area contributed by atoms with E-state index < -0.39 is 0 Å². The quantitative estimate of drug-likeness (QED) is 0.220. The number of hydrogen-bond donors (Lipinski definition) is 2. The van der Waals surface area contributed by atoms with Gasteiger partial charge in [-0.3, -0.25) is 14.2 Å². The normalized spacial score (nSPS) is 11.1. The predicted octanol–water partition coefficient (Wildman–Crippen LogP) is 5.51. The molecule has 0 bridgehead atoms. The number of aromatic amines is 1. The van der Waals surface area contributed by atoms with Crippen LogP contribution in [0.4, 0.5) is 5.69 Å². The van der Waals surface area contributed by atoms with E-state index in [1.165, 1.54) is 11.3 Å². The van der Waals surface area contributed by atoms with Gasteiger partial charge in [-0.25, -0.2) is 4.98 Å². The average Bonchev–Trinajstić information content (AvgIpc) is 3.06. The lowest BCUT2D eigenvalue weighted by atomic mass is 10.1. The van der Waals surface area contributed by atoms with Crippen molar-refractivity contribution in [1.29, 1.82) is 0 Å². The fraction of sp³-hybridized carbons (Fsp3) is 0.143. The molecule has 2 aromatic heterocycles. The van der Waals surface area contributed by atoms with Crippen molar-refractivity contribution in [3.8, 4) is 5.69 Å². The van der Waals surface area contributed by atoms with E-state index in [0.29, 0.717) is 24.5 Å². The third kappa shape index (κ3) is 4.74. The molecule has 0 saturated carbocycles. The molecule has 158 valence electrons. The maximum atomic E-state index is 12.6. The van der Waals surface area contributed by atoms with Crippen molar-refractivity contribution in [2.45, 2.75) is 19.0 Å². The van der Waals surface area contributed by atoms with Gasteiger partial charge in [0.05, 0.1) is 5.75 Å². The van der Waals surface area contributed by atoms with Crippen LogP contribution < -0.4 is 10.9 Å². The molecule has 0 saturated heterocycles. The van der Waals surface area contributed by atoms with Crippen LogP contribution in [0, 0.1) is 17.8 Å². The minimum absolute atomic E-state index is 0.104. The summed E-state index contributed by atoms with van der Waals surface area (Å²) in [6.07, 6.45) is 0. The van der Waals surface area contributed by atoms with Crippen LogP contribution in [0.5, 0.6) is 0 Å². The van der Waals surface area contributed by atoms with Gasteiger partial charge in [0, 0.05) is 16.4 Å². The average molecular weight is 489 g/mol. The van der Waals surface area contributed by atoms with Crippen LogP contribution in [0.3, 0.4) is 0 Å². The maximum absolute atomic E-state index is 12.6. The third-order valence-electron chi connectivity index (χ3n) is 4.64. The molecule has 2 aromatic carbocycles. The number of H-pyrrole nitrogens is 1. The van der Waals surface area contributed by atoms with Gasteiger partial charge in [0.15, 0.2) is 14.8 Å². The molecule has 4 aromatic rings. The Balaban J connectivity index is 1.58. The van der Waals surface area contributed by atoms with E-state index in [9.17, 15) is 9.59 Å². The molecule has 0 aliphatic heterocycles. The van der Waals surface area contributed by atoms with Gasteiger partial charge < -0.3 is 10.3 Å². The zero-order valence-electron chi connectivity index (χ0n) is 16.6. The summed E-state index contributed by atoms with van der Waals surface area (Å²) in [5.41, 5.74) is 3.94. The van der Waals surface area contributed by atoms with Crippen molar-refractivity contribution >= 4 is 68.9 Å². The Kier molecular flexibility index (Phi) is 6.29. The van der Waals surface area contributed by atoms with Crippen molar-refractivity contribution in [2.75, 3.05) is 11.1 Å². The van der Waals surface area contributed by atoms with E-state index in [1.54, 1.807) is 16.7 Å². The van der Waals surface area contributed by atoms with Crippen molar-refractivity contribution < 1.29 is 4.79 Å². The van der Waals surface area contributed by atoms with Crippen molar-refractivity contribution in [3.05, 3.63) is 72.9 Å². The summed E-state index contributed by atoms with van der Waals surface area (Å²) < 4.78 is 2.67. The molecule has 0 fully saturated rings. The Morgan fingerprint density at radius 3 is 2.68 bits per heavy atom. The summed E-state index contributed by atoms with van der Waals surface area (Å²) in [6, 6.07) is 12.9. The Bertz CT molecular complexity index is 1410. The highest BCUT2D eigenvalue weighted by Gasteiger charge is 2.15. The molecule has 2 N–H and O–H groups in total. The number of hydrogen-bond acceptors (Lipinski definition) is 6. The Morgan fingerprint density at radius 2 is 1.97 bits per heavy atom. The first-order valence-corrected chi connectivity index (χ1v) is 11.8. The van der Waals surface area contributed by atoms with E-state index in [4.69, 9.17) is 23.8 Å². The molecule has 0 aliphatic rings. The first-order valence-electron chi connectivity index (χ1n) is 9.23. The molecule has 0 aliphatic carbocycles. The third-order valence-corrected chi connectivity index (χ3v) is 7.12. The molecule has 0 atom stereocenters. The molecule has 1 amide bonds. The lowest BCUT2D eigenvalue weighted by molar-refractivity contribution is -0.113. The van der Waals surface area contributed by atoms with Crippen LogP contribution in [-0.2, 0) is 4.79 Å². The molecule has 2 heterocycles. The molecule has 0 unspecified atom stereocenters. The monoisotopic (exact) mass is 488 g/mol. The number of nitrogens with zero attached hydrogens (tertiary/aromatic N) is 2. The number of rotatable bonds is 5. The van der Waals surface area contributed by atoms with Crippen LogP contribution in [0.25, 0.3) is 16.0 Å². The summed E-state index contributed by atoms with van der Waals surface area (Å²) in [7, 11) is 0. The van der Waals surface area contributed by atoms with Gasteiger partial charge in [-0.15, -0.1) is 0 Å². The van der Waals surface area contributed by atoms with E-state index in [2.05, 4.69) is 15.3 Å². The number of halogens is 1. The molecule has 31 heavy (non-hydrogen) atoms. The Morgan fingerprint density at radius 1 is 1.23 bits per heavy atom. The molecule has 6 nitrogen and oxygen atoms in total. The highest BCUT2D eigenvalue weighted by molar-refractivity contribution is 7.99. The number of fused-ring (bicyclic) bond motifs is 1. The van der Waals surface area contributed by atoms with Gasteiger partial charge >= 0.3 is 0 Å². The van der Waals surface area contributed by atoms with E-state index in [0.717, 1.165) is 34.3 Å². The number of thioether (sulfide) groups is 1. The molecular weight excluding hydrogens is 472 g/mol. The number of carbonyl (C=O) groups excluding carboxylic acids is 1. The van der Waals surface area contributed by atoms with Crippen molar-refractivity contribution in [1.82, 2.24) is 14.5 Å². The second kappa shape index (κ2) is 8.96. The van der Waals surface area contributed by atoms with Crippen molar-refractivity contribution in [2.24, 2.45) is 0 Å². The molecule has 0 spiro atoms. The second-order valence-electron chi connectivity index (χ2n) is 6.84. The number of aryl methyl sites for hydroxylation is 2. The topological polar surface area (TPSA) is 79.8 Å². The largest absolute Gasteiger partial charge is 0.325 e. The fourth-order valence-electron chi connectivity index (χ4n) is 2.93. The lowest BCUT2D eigenvalue weighted by Gasteiger charge is -2.08. The smallest absolute Gasteiger partial charge is 0.271 e. The minimum Gasteiger partial charge on any atom is -0.325 e. The number of carbonyl (C=O) groups is 1. The number of aromatic nitrogens is 3. The van der Waals surface area contributed by atoms with Gasteiger partial charge in [-0.1, -0.05) is 40.8 Å². The molecular formula is C21H17ClN4O2S3. The number of benzene rings is 2. The summed E-state index contributed by atoms with van der Waals surface area (Å²) in [5, 5.41) is 3.82. The van der Waals surface area contributed by atoms with Gasteiger partial charge in [0.25, 0.3) is 5.56 Å². The standard InChI is InChI=1S/C21H17ClN4O2S3/c1-11-3-6-14(9-12(11)2)23-16(27)10-30-20-24-18-17(19(28)25-20)31-21(29)26(18)15-7-4-13(22)5-8-15/h3-9H,10H2,1-2H3,(H,23,27)(H,24,25,28). The molecule has 10 heteroatoms. The van der Waals surface area contributed by atoms with E-state index >= 15 is 0 Å². The zero-order chi connectivity index (χ0) is 22.1. The summed E-state index contributed by atoms with van der Waals surface area (Å²) in [5.74, 6) is -0.0800. The summed E-state index contributed by atoms with van der Waals surface area (Å²) in [6.45, 7) is 4.01. The number of amides is 1. The van der Waals surface area contributed by atoms with Crippen LogP contribution in [-0.4, -0.2) is 26.2 Å². The number of thiazole rings is 1. The Hall–Kier alpha value is -2.46. The fourth-order valence-corrected chi connectivity index (χ4v) is 4.98. The minimum atomic E-state index is -0.286. The second-order valence-corrected chi connectivity index (χ2v) is 9.88. The van der Waals surface area contributed by atoms with Gasteiger partial charge in [0.1, 0.15) is 4.70 Å².